The zero-order valence-corrected chi connectivity index (χ0v) is 5.90. The van der Waals surface area contributed by atoms with Crippen LogP contribution in [-0.4, -0.2) is 21.2 Å². The molecule has 0 spiro atoms. The Morgan fingerprint density at radius 3 is 2.55 bits per heavy atom. The molecule has 0 radical (unpaired) electrons. The Morgan fingerprint density at radius 2 is 2.18 bits per heavy atom. The molecule has 0 fully saturated rings. The van der Waals surface area contributed by atoms with Crippen LogP contribution in [-0.2, 0) is 0 Å². The lowest BCUT2D eigenvalue weighted by Gasteiger charge is -2.00. The third-order valence-corrected chi connectivity index (χ3v) is 1.33. The molecular formula is C7H7NO3. The molecule has 4 heteroatoms. The summed E-state index contributed by atoms with van der Waals surface area (Å²) in [6, 6.07) is 0. The number of rotatable bonds is 1. The number of aromatic nitrogens is 1. The molecule has 1 rings (SSSR count). The average molecular weight is 153 g/mol. The van der Waals surface area contributed by atoms with Gasteiger partial charge in [-0.3, -0.25) is 4.98 Å². The third kappa shape index (κ3) is 1.29. The molecule has 0 aromatic carbocycles. The zero-order valence-electron chi connectivity index (χ0n) is 5.90. The average Bonchev–Trinajstić information content (AvgIpc) is 1.85. The molecule has 0 bridgehead atoms. The van der Waals surface area contributed by atoms with Gasteiger partial charge in [0.1, 0.15) is 11.3 Å². The number of aromatic hydroxyl groups is 1. The van der Waals surface area contributed by atoms with Crippen molar-refractivity contribution in [3.05, 3.63) is 23.5 Å². The number of pyridine rings is 1. The minimum absolute atomic E-state index is 0.0833. The van der Waals surface area contributed by atoms with Crippen LogP contribution in [0.5, 0.6) is 5.75 Å². The van der Waals surface area contributed by atoms with Crippen LogP contribution in [0.15, 0.2) is 12.4 Å². The highest BCUT2D eigenvalue weighted by Gasteiger charge is 2.11. The molecule has 2 N–H and O–H groups in total. The van der Waals surface area contributed by atoms with Gasteiger partial charge in [-0.15, -0.1) is 0 Å². The predicted molar refractivity (Wildman–Crippen MR) is 37.6 cm³/mol. The van der Waals surface area contributed by atoms with E-state index in [0.717, 1.165) is 6.20 Å². The maximum Gasteiger partial charge on any atom is 0.339 e. The normalized spacial score (nSPS) is 9.55. The van der Waals surface area contributed by atoms with Crippen LogP contribution in [0.2, 0.25) is 0 Å². The lowest BCUT2D eigenvalue weighted by molar-refractivity contribution is 0.0692. The van der Waals surface area contributed by atoms with Gasteiger partial charge < -0.3 is 10.2 Å². The first-order valence-electron chi connectivity index (χ1n) is 3.00. The molecule has 1 aromatic heterocycles. The Labute approximate surface area is 63.1 Å². The number of carbonyl (C=O) groups is 1. The van der Waals surface area contributed by atoms with Crippen LogP contribution in [0, 0.1) is 6.92 Å². The number of aromatic carboxylic acids is 1. The van der Waals surface area contributed by atoms with Crippen molar-refractivity contribution in [3.8, 4) is 5.75 Å². The first-order chi connectivity index (χ1) is 5.13. The fraction of sp³-hybridized carbons (Fsp3) is 0.143. The van der Waals surface area contributed by atoms with Crippen LogP contribution in [0.3, 0.4) is 0 Å². The predicted octanol–water partition coefficient (Wildman–Crippen LogP) is 0.794. The number of aryl methyl sites for hydroxylation is 1. The molecule has 0 aliphatic rings. The van der Waals surface area contributed by atoms with E-state index in [1.54, 1.807) is 6.92 Å². The molecule has 0 saturated carbocycles. The van der Waals surface area contributed by atoms with E-state index >= 15 is 0 Å². The van der Waals surface area contributed by atoms with Gasteiger partial charge in [-0.05, 0) is 12.5 Å². The molecule has 0 amide bonds. The SMILES string of the molecule is Cc1cncc(O)c1C(=O)O. The maximum absolute atomic E-state index is 10.5. The standard InChI is InChI=1S/C7H7NO3/c1-4-2-8-3-5(9)6(4)7(10)11/h2-3,9H,1H3,(H,10,11). The number of nitrogens with zero attached hydrogens (tertiary/aromatic N) is 1. The van der Waals surface area contributed by atoms with E-state index in [1.165, 1.54) is 6.20 Å². The van der Waals surface area contributed by atoms with E-state index < -0.39 is 5.97 Å². The largest absolute Gasteiger partial charge is 0.505 e. The topological polar surface area (TPSA) is 70.4 Å². The molecule has 0 saturated heterocycles. The van der Waals surface area contributed by atoms with Crippen LogP contribution >= 0.6 is 0 Å². The Hall–Kier alpha value is -1.58. The summed E-state index contributed by atoms with van der Waals surface area (Å²) in [5.74, 6) is -1.43. The van der Waals surface area contributed by atoms with Crippen molar-refractivity contribution in [3.63, 3.8) is 0 Å². The van der Waals surface area contributed by atoms with Crippen molar-refractivity contribution in [1.82, 2.24) is 4.98 Å². The first-order valence-corrected chi connectivity index (χ1v) is 3.00. The van der Waals surface area contributed by atoms with Crippen LogP contribution in [0.25, 0.3) is 0 Å². The summed E-state index contributed by atoms with van der Waals surface area (Å²) < 4.78 is 0. The van der Waals surface area contributed by atoms with Crippen LogP contribution < -0.4 is 0 Å². The smallest absolute Gasteiger partial charge is 0.339 e. The van der Waals surface area contributed by atoms with Crippen LogP contribution in [0.1, 0.15) is 15.9 Å². The molecule has 0 atom stereocenters. The number of hydrogen-bond donors (Lipinski definition) is 2. The van der Waals surface area contributed by atoms with Gasteiger partial charge in [0.25, 0.3) is 0 Å². The van der Waals surface area contributed by atoms with Gasteiger partial charge >= 0.3 is 5.97 Å². The highest BCUT2D eigenvalue weighted by atomic mass is 16.4. The van der Waals surface area contributed by atoms with Crippen molar-refractivity contribution in [2.75, 3.05) is 0 Å². The Balaban J connectivity index is 3.32. The highest BCUT2D eigenvalue weighted by Crippen LogP contribution is 2.17. The molecule has 0 aliphatic carbocycles. The van der Waals surface area contributed by atoms with E-state index in [-0.39, 0.29) is 11.3 Å². The van der Waals surface area contributed by atoms with Crippen LogP contribution in [0.4, 0.5) is 0 Å². The Bertz CT molecular complexity index is 275. The van der Waals surface area contributed by atoms with Gasteiger partial charge in [0.2, 0.25) is 0 Å². The van der Waals surface area contributed by atoms with E-state index in [0.29, 0.717) is 5.56 Å². The second kappa shape index (κ2) is 2.57. The van der Waals surface area contributed by atoms with E-state index in [9.17, 15) is 4.79 Å². The van der Waals surface area contributed by atoms with Crippen molar-refractivity contribution in [1.29, 1.82) is 0 Å². The van der Waals surface area contributed by atoms with Gasteiger partial charge in [-0.25, -0.2) is 4.79 Å². The summed E-state index contributed by atoms with van der Waals surface area (Å²) in [4.78, 5) is 14.1. The first kappa shape index (κ1) is 7.53. The van der Waals surface area contributed by atoms with E-state index in [1.807, 2.05) is 0 Å². The van der Waals surface area contributed by atoms with Gasteiger partial charge in [0, 0.05) is 6.20 Å². The summed E-state index contributed by atoms with van der Waals surface area (Å²) >= 11 is 0. The zero-order chi connectivity index (χ0) is 8.43. The summed E-state index contributed by atoms with van der Waals surface area (Å²) in [6.07, 6.45) is 2.50. The highest BCUT2D eigenvalue weighted by molar-refractivity contribution is 5.92. The molecule has 4 nitrogen and oxygen atoms in total. The number of carboxylic acids is 1. The second-order valence-electron chi connectivity index (χ2n) is 2.16. The summed E-state index contributed by atoms with van der Waals surface area (Å²) in [6.45, 7) is 1.58. The second-order valence-corrected chi connectivity index (χ2v) is 2.16. The van der Waals surface area contributed by atoms with Gasteiger partial charge in [-0.2, -0.15) is 0 Å². The van der Waals surface area contributed by atoms with Crippen molar-refractivity contribution < 1.29 is 15.0 Å². The molecule has 58 valence electrons. The van der Waals surface area contributed by atoms with Gasteiger partial charge in [0.15, 0.2) is 0 Å². The quantitative estimate of drug-likeness (QED) is 0.625. The minimum atomic E-state index is -1.14. The van der Waals surface area contributed by atoms with Crippen molar-refractivity contribution in [2.24, 2.45) is 0 Å². The minimum Gasteiger partial charge on any atom is -0.505 e. The summed E-state index contributed by atoms with van der Waals surface area (Å²) in [5.41, 5.74) is 0.373. The lowest BCUT2D eigenvalue weighted by Crippen LogP contribution is -2.00. The maximum atomic E-state index is 10.5. The van der Waals surface area contributed by atoms with Crippen molar-refractivity contribution in [2.45, 2.75) is 6.92 Å². The molecular weight excluding hydrogens is 146 g/mol. The summed E-state index contributed by atoms with van der Waals surface area (Å²) in [5, 5.41) is 17.6. The fourth-order valence-corrected chi connectivity index (χ4v) is 0.829. The van der Waals surface area contributed by atoms with E-state index in [4.69, 9.17) is 10.2 Å². The Morgan fingerprint density at radius 1 is 1.55 bits per heavy atom. The van der Waals surface area contributed by atoms with Gasteiger partial charge in [0.05, 0.1) is 6.20 Å². The monoisotopic (exact) mass is 153 g/mol. The van der Waals surface area contributed by atoms with Crippen molar-refractivity contribution >= 4 is 5.97 Å². The lowest BCUT2D eigenvalue weighted by atomic mass is 10.1. The number of hydrogen-bond acceptors (Lipinski definition) is 3. The van der Waals surface area contributed by atoms with E-state index in [2.05, 4.69) is 4.98 Å². The number of carboxylic acid groups (broad SMARTS) is 1. The molecule has 0 aliphatic heterocycles. The summed E-state index contributed by atoms with van der Waals surface area (Å²) in [7, 11) is 0. The molecule has 11 heavy (non-hydrogen) atoms. The third-order valence-electron chi connectivity index (χ3n) is 1.33. The molecule has 1 heterocycles. The molecule has 0 unspecified atom stereocenters. The van der Waals surface area contributed by atoms with Gasteiger partial charge in [-0.1, -0.05) is 0 Å². The fourth-order valence-electron chi connectivity index (χ4n) is 0.829. The Kier molecular flexibility index (Phi) is 1.76. The molecule has 1 aromatic rings.